The van der Waals surface area contributed by atoms with Gasteiger partial charge in [-0.3, -0.25) is 4.79 Å². The molecule has 4 nitrogen and oxygen atoms in total. The highest BCUT2D eigenvalue weighted by Crippen LogP contribution is 2.49. The number of anilines is 1. The second-order valence-corrected chi connectivity index (χ2v) is 8.03. The number of rotatable bonds is 2. The monoisotopic (exact) mass is 387 g/mol. The summed E-state index contributed by atoms with van der Waals surface area (Å²) >= 11 is 6.03. The lowest BCUT2D eigenvalue weighted by Gasteiger charge is -2.38. The number of carbonyl (C=O) groups is 1. The van der Waals surface area contributed by atoms with Crippen molar-refractivity contribution in [2.24, 2.45) is 17.8 Å². The van der Waals surface area contributed by atoms with Gasteiger partial charge in [-0.15, -0.1) is 0 Å². The third kappa shape index (κ3) is 3.26. The number of halogens is 4. The van der Waals surface area contributed by atoms with Crippen molar-refractivity contribution in [2.75, 3.05) is 31.1 Å². The molecule has 4 rings (SSSR count). The third-order valence-corrected chi connectivity index (χ3v) is 6.37. The molecule has 2 bridgehead atoms. The predicted molar refractivity (Wildman–Crippen MR) is 92.0 cm³/mol. The predicted octanol–water partition coefficient (Wildman–Crippen LogP) is 3.84. The summed E-state index contributed by atoms with van der Waals surface area (Å²) in [5, 5.41) is -0.00676. The summed E-state index contributed by atoms with van der Waals surface area (Å²) in [4.78, 5) is 20.5. The van der Waals surface area contributed by atoms with Crippen molar-refractivity contribution in [2.45, 2.75) is 31.9 Å². The van der Waals surface area contributed by atoms with Gasteiger partial charge >= 0.3 is 6.18 Å². The minimum Gasteiger partial charge on any atom is -0.352 e. The molecule has 3 fully saturated rings. The van der Waals surface area contributed by atoms with E-state index in [4.69, 9.17) is 11.6 Å². The molecule has 2 aliphatic carbocycles. The van der Waals surface area contributed by atoms with Crippen molar-refractivity contribution >= 4 is 23.3 Å². The van der Waals surface area contributed by atoms with Crippen LogP contribution < -0.4 is 4.90 Å². The molecule has 0 radical (unpaired) electrons. The Kier molecular flexibility index (Phi) is 4.53. The van der Waals surface area contributed by atoms with Gasteiger partial charge in [0.1, 0.15) is 5.82 Å². The van der Waals surface area contributed by atoms with E-state index in [1.807, 2.05) is 9.80 Å². The van der Waals surface area contributed by atoms with Crippen LogP contribution in [0.15, 0.2) is 12.3 Å². The smallest absolute Gasteiger partial charge is 0.352 e. The first-order valence-electron chi connectivity index (χ1n) is 9.09. The molecule has 0 aromatic carbocycles. The maximum absolute atomic E-state index is 12.8. The first kappa shape index (κ1) is 17.9. The number of carbonyl (C=O) groups excluding carboxylic acids is 1. The van der Waals surface area contributed by atoms with Gasteiger partial charge in [-0.25, -0.2) is 4.98 Å². The molecular formula is C18H21ClF3N3O. The molecule has 3 aliphatic rings. The highest BCUT2D eigenvalue weighted by atomic mass is 35.5. The molecule has 2 saturated carbocycles. The average molecular weight is 388 g/mol. The molecule has 0 spiro atoms. The molecule has 8 heteroatoms. The number of hydrogen-bond donors (Lipinski definition) is 0. The van der Waals surface area contributed by atoms with E-state index in [0.717, 1.165) is 24.6 Å². The van der Waals surface area contributed by atoms with Gasteiger partial charge in [0, 0.05) is 38.3 Å². The fourth-order valence-electron chi connectivity index (χ4n) is 4.74. The molecule has 1 aromatic heterocycles. The average Bonchev–Trinajstić information content (AvgIpc) is 3.24. The molecule has 0 N–H and O–H groups in total. The molecule has 2 heterocycles. The number of alkyl halides is 3. The largest absolute Gasteiger partial charge is 0.417 e. The van der Waals surface area contributed by atoms with E-state index in [1.54, 1.807) is 0 Å². The van der Waals surface area contributed by atoms with Crippen LogP contribution in [0.3, 0.4) is 0 Å². The number of piperazine rings is 1. The Morgan fingerprint density at radius 3 is 2.42 bits per heavy atom. The van der Waals surface area contributed by atoms with E-state index in [9.17, 15) is 18.0 Å². The molecule has 1 aliphatic heterocycles. The number of fused-ring (bicyclic) bond motifs is 2. The van der Waals surface area contributed by atoms with Crippen molar-refractivity contribution in [3.05, 3.63) is 22.8 Å². The normalized spacial score (nSPS) is 28.7. The standard InChI is InChI=1S/C18H21ClF3N3O/c19-15-9-13(18(20,21)22)10-23-16(15)24-3-5-25(6-4-24)17(26)14-8-11-1-2-12(14)7-11/h9-12,14H,1-8H2. The van der Waals surface area contributed by atoms with Crippen LogP contribution in [0, 0.1) is 17.8 Å². The number of nitrogens with zero attached hydrogens (tertiary/aromatic N) is 3. The molecule has 26 heavy (non-hydrogen) atoms. The van der Waals surface area contributed by atoms with Crippen LogP contribution in [0.2, 0.25) is 5.02 Å². The van der Waals surface area contributed by atoms with E-state index in [-0.39, 0.29) is 16.8 Å². The Morgan fingerprint density at radius 1 is 1.15 bits per heavy atom. The quantitative estimate of drug-likeness (QED) is 0.773. The van der Waals surface area contributed by atoms with Crippen LogP contribution >= 0.6 is 11.6 Å². The Bertz CT molecular complexity index is 703. The van der Waals surface area contributed by atoms with Gasteiger partial charge in [-0.2, -0.15) is 13.2 Å². The minimum atomic E-state index is -4.46. The van der Waals surface area contributed by atoms with Gasteiger partial charge in [0.15, 0.2) is 0 Å². The SMILES string of the molecule is O=C(C1CC2CCC1C2)N1CCN(c2ncc(C(F)(F)F)cc2Cl)CC1. The zero-order valence-electron chi connectivity index (χ0n) is 14.3. The Balaban J connectivity index is 1.38. The Hall–Kier alpha value is -1.50. The van der Waals surface area contributed by atoms with Crippen LogP contribution in [0.5, 0.6) is 0 Å². The van der Waals surface area contributed by atoms with E-state index < -0.39 is 11.7 Å². The van der Waals surface area contributed by atoms with Crippen LogP contribution in [-0.2, 0) is 11.0 Å². The minimum absolute atomic E-state index is 0.00676. The molecule has 142 valence electrons. The van der Waals surface area contributed by atoms with Gasteiger partial charge in [0.05, 0.1) is 10.6 Å². The highest BCUT2D eigenvalue weighted by Gasteiger charge is 2.44. The molecular weight excluding hydrogens is 367 g/mol. The summed E-state index contributed by atoms with van der Waals surface area (Å²) in [7, 11) is 0. The van der Waals surface area contributed by atoms with Crippen molar-refractivity contribution in [3.8, 4) is 0 Å². The van der Waals surface area contributed by atoms with Crippen molar-refractivity contribution in [1.82, 2.24) is 9.88 Å². The molecule has 3 unspecified atom stereocenters. The van der Waals surface area contributed by atoms with E-state index in [0.29, 0.717) is 37.9 Å². The number of pyridine rings is 1. The van der Waals surface area contributed by atoms with Crippen LogP contribution in [0.25, 0.3) is 0 Å². The zero-order chi connectivity index (χ0) is 18.5. The summed E-state index contributed by atoms with van der Waals surface area (Å²) < 4.78 is 38.2. The van der Waals surface area contributed by atoms with Gasteiger partial charge in [-0.05, 0) is 37.2 Å². The number of amides is 1. The Labute approximate surface area is 155 Å². The maximum Gasteiger partial charge on any atom is 0.417 e. The summed E-state index contributed by atoms with van der Waals surface area (Å²) in [6, 6.07) is 0.913. The lowest BCUT2D eigenvalue weighted by Crippen LogP contribution is -2.51. The highest BCUT2D eigenvalue weighted by molar-refractivity contribution is 6.33. The number of aromatic nitrogens is 1. The summed E-state index contributed by atoms with van der Waals surface area (Å²) in [6.45, 7) is 2.19. The van der Waals surface area contributed by atoms with Crippen LogP contribution in [0.4, 0.5) is 19.0 Å². The summed E-state index contributed by atoms with van der Waals surface area (Å²) in [5.74, 6) is 2.06. The first-order valence-corrected chi connectivity index (χ1v) is 9.47. The van der Waals surface area contributed by atoms with Gasteiger partial charge < -0.3 is 9.80 Å². The maximum atomic E-state index is 12.8. The topological polar surface area (TPSA) is 36.4 Å². The molecule has 1 amide bonds. The van der Waals surface area contributed by atoms with Crippen LogP contribution in [0.1, 0.15) is 31.2 Å². The second-order valence-electron chi connectivity index (χ2n) is 7.62. The Morgan fingerprint density at radius 2 is 1.88 bits per heavy atom. The van der Waals surface area contributed by atoms with Gasteiger partial charge in [-0.1, -0.05) is 18.0 Å². The van der Waals surface area contributed by atoms with Crippen molar-refractivity contribution in [1.29, 1.82) is 0 Å². The van der Waals surface area contributed by atoms with Crippen molar-refractivity contribution in [3.63, 3.8) is 0 Å². The van der Waals surface area contributed by atoms with E-state index in [2.05, 4.69) is 4.98 Å². The second kappa shape index (κ2) is 6.59. The van der Waals surface area contributed by atoms with Gasteiger partial charge in [0.2, 0.25) is 5.91 Å². The zero-order valence-corrected chi connectivity index (χ0v) is 15.1. The number of hydrogen-bond acceptors (Lipinski definition) is 3. The first-order chi connectivity index (χ1) is 12.3. The molecule has 1 aromatic rings. The van der Waals surface area contributed by atoms with Gasteiger partial charge in [0.25, 0.3) is 0 Å². The third-order valence-electron chi connectivity index (χ3n) is 6.10. The van der Waals surface area contributed by atoms with Crippen LogP contribution in [-0.4, -0.2) is 42.0 Å². The lowest BCUT2D eigenvalue weighted by atomic mass is 9.87. The fraction of sp³-hybridized carbons (Fsp3) is 0.667. The lowest BCUT2D eigenvalue weighted by molar-refractivity contribution is -0.138. The van der Waals surface area contributed by atoms with Crippen molar-refractivity contribution < 1.29 is 18.0 Å². The summed E-state index contributed by atoms with van der Waals surface area (Å²) in [6.07, 6.45) is 1.01. The summed E-state index contributed by atoms with van der Waals surface area (Å²) in [5.41, 5.74) is -0.851. The van der Waals surface area contributed by atoms with E-state index in [1.165, 1.54) is 19.3 Å². The fourth-order valence-corrected chi connectivity index (χ4v) is 5.02. The molecule has 1 saturated heterocycles. The molecule has 3 atom stereocenters. The van der Waals surface area contributed by atoms with E-state index >= 15 is 0 Å².